The molecule has 164 valence electrons. The molecule has 0 saturated carbocycles. The highest BCUT2D eigenvalue weighted by atomic mass is 16.5. The van der Waals surface area contributed by atoms with Crippen molar-refractivity contribution in [3.63, 3.8) is 0 Å². The number of carbonyl (C=O) groups excluding carboxylic acids is 2. The fourth-order valence-corrected chi connectivity index (χ4v) is 4.56. The molecule has 2 aliphatic heterocycles. The summed E-state index contributed by atoms with van der Waals surface area (Å²) >= 11 is 0. The molecule has 7 heteroatoms. The van der Waals surface area contributed by atoms with Gasteiger partial charge in [0, 0.05) is 63.8 Å². The number of piperidine rings is 1. The molecule has 1 atom stereocenters. The number of methoxy groups -OCH3 is 1. The minimum Gasteiger partial charge on any atom is -0.497 e. The van der Waals surface area contributed by atoms with Crippen LogP contribution in [0.5, 0.6) is 5.75 Å². The predicted octanol–water partition coefficient (Wildman–Crippen LogP) is 2.57. The smallest absolute Gasteiger partial charge is 0.228 e. The van der Waals surface area contributed by atoms with Crippen LogP contribution in [0.2, 0.25) is 0 Å². The summed E-state index contributed by atoms with van der Waals surface area (Å²) in [5, 5.41) is 0. The fourth-order valence-electron chi connectivity index (χ4n) is 4.56. The minimum absolute atomic E-state index is 0.00378. The molecule has 2 aliphatic rings. The second-order valence-corrected chi connectivity index (χ2v) is 8.42. The largest absolute Gasteiger partial charge is 0.497 e. The Labute approximate surface area is 183 Å². The number of carbonyl (C=O) groups is 2. The van der Waals surface area contributed by atoms with Crippen LogP contribution in [0.3, 0.4) is 0 Å². The number of amides is 2. The van der Waals surface area contributed by atoms with E-state index in [4.69, 9.17) is 4.74 Å². The van der Waals surface area contributed by atoms with Gasteiger partial charge in [0.15, 0.2) is 0 Å². The Hall–Kier alpha value is -2.93. The van der Waals surface area contributed by atoms with E-state index >= 15 is 0 Å². The zero-order chi connectivity index (χ0) is 21.8. The van der Waals surface area contributed by atoms with Gasteiger partial charge in [-0.25, -0.2) is 0 Å². The Morgan fingerprint density at radius 3 is 2.45 bits per heavy atom. The van der Waals surface area contributed by atoms with Gasteiger partial charge < -0.3 is 14.5 Å². The monoisotopic (exact) mass is 422 g/mol. The highest BCUT2D eigenvalue weighted by Gasteiger charge is 2.38. The molecule has 0 radical (unpaired) electrons. The Morgan fingerprint density at radius 2 is 1.81 bits per heavy atom. The maximum absolute atomic E-state index is 13.1. The molecule has 4 rings (SSSR count). The molecule has 1 unspecified atom stereocenters. The van der Waals surface area contributed by atoms with Crippen LogP contribution in [0.25, 0.3) is 0 Å². The number of hydrogen-bond donors (Lipinski definition) is 0. The molecular formula is C24H30N4O3. The van der Waals surface area contributed by atoms with Crippen LogP contribution in [-0.2, 0) is 16.1 Å². The SMILES string of the molecule is COc1ccc(N2CC(C(=O)N(C)C3CCN(Cc4ccncc4)CC3)CC2=O)cc1. The van der Waals surface area contributed by atoms with Crippen molar-refractivity contribution in [3.8, 4) is 5.75 Å². The number of nitrogens with zero attached hydrogens (tertiary/aromatic N) is 4. The van der Waals surface area contributed by atoms with Crippen LogP contribution in [0.1, 0.15) is 24.8 Å². The zero-order valence-corrected chi connectivity index (χ0v) is 18.2. The van der Waals surface area contributed by atoms with Crippen molar-refractivity contribution in [2.75, 3.05) is 38.7 Å². The van der Waals surface area contributed by atoms with Crippen molar-refractivity contribution in [1.29, 1.82) is 0 Å². The molecule has 2 fully saturated rings. The standard InChI is InChI=1S/C24H30N4O3/c1-26(20-9-13-27(14-10-20)16-18-7-11-25-12-8-18)24(30)19-15-23(29)28(17-19)21-3-5-22(31-2)6-4-21/h3-8,11-12,19-20H,9-10,13-17H2,1-2H3. The summed E-state index contributed by atoms with van der Waals surface area (Å²) in [5.74, 6) is 0.550. The highest BCUT2D eigenvalue weighted by Crippen LogP contribution is 2.29. The molecule has 0 aliphatic carbocycles. The summed E-state index contributed by atoms with van der Waals surface area (Å²) in [7, 11) is 3.51. The molecule has 0 N–H and O–H groups in total. The van der Waals surface area contributed by atoms with Crippen molar-refractivity contribution in [3.05, 3.63) is 54.4 Å². The lowest BCUT2D eigenvalue weighted by molar-refractivity contribution is -0.137. The van der Waals surface area contributed by atoms with Crippen molar-refractivity contribution in [2.45, 2.75) is 31.8 Å². The average Bonchev–Trinajstić information content (AvgIpc) is 3.21. The van der Waals surface area contributed by atoms with E-state index in [1.54, 1.807) is 12.0 Å². The van der Waals surface area contributed by atoms with Gasteiger partial charge in [-0.3, -0.25) is 19.5 Å². The topological polar surface area (TPSA) is 66.0 Å². The van der Waals surface area contributed by atoms with E-state index in [0.717, 1.165) is 43.9 Å². The van der Waals surface area contributed by atoms with Crippen molar-refractivity contribution < 1.29 is 14.3 Å². The lowest BCUT2D eigenvalue weighted by Gasteiger charge is -2.37. The molecule has 1 aromatic heterocycles. The zero-order valence-electron chi connectivity index (χ0n) is 18.2. The average molecular weight is 423 g/mol. The summed E-state index contributed by atoms with van der Waals surface area (Å²) in [4.78, 5) is 35.8. The molecule has 1 aromatic carbocycles. The number of ether oxygens (including phenoxy) is 1. The lowest BCUT2D eigenvalue weighted by Crippen LogP contribution is -2.47. The molecule has 7 nitrogen and oxygen atoms in total. The Morgan fingerprint density at radius 1 is 1.13 bits per heavy atom. The number of hydrogen-bond acceptors (Lipinski definition) is 5. The van der Waals surface area contributed by atoms with Gasteiger partial charge in [-0.2, -0.15) is 0 Å². The minimum atomic E-state index is -0.283. The molecule has 31 heavy (non-hydrogen) atoms. The van der Waals surface area contributed by atoms with E-state index in [0.29, 0.717) is 6.54 Å². The van der Waals surface area contributed by atoms with E-state index in [1.807, 2.05) is 60.7 Å². The van der Waals surface area contributed by atoms with Gasteiger partial charge in [-0.05, 0) is 54.8 Å². The number of rotatable bonds is 6. The lowest BCUT2D eigenvalue weighted by atomic mass is 10.00. The highest BCUT2D eigenvalue weighted by molar-refractivity contribution is 6.00. The van der Waals surface area contributed by atoms with E-state index < -0.39 is 0 Å². The maximum Gasteiger partial charge on any atom is 0.228 e. The van der Waals surface area contributed by atoms with Crippen LogP contribution < -0.4 is 9.64 Å². The van der Waals surface area contributed by atoms with E-state index in [1.165, 1.54) is 5.56 Å². The van der Waals surface area contributed by atoms with Gasteiger partial charge in [0.05, 0.1) is 13.0 Å². The maximum atomic E-state index is 13.1. The third-order valence-corrected chi connectivity index (χ3v) is 6.47. The van der Waals surface area contributed by atoms with E-state index in [9.17, 15) is 9.59 Å². The first-order valence-electron chi connectivity index (χ1n) is 10.9. The number of aromatic nitrogens is 1. The van der Waals surface area contributed by atoms with Crippen LogP contribution in [-0.4, -0.2) is 66.4 Å². The van der Waals surface area contributed by atoms with Crippen molar-refractivity contribution >= 4 is 17.5 Å². The summed E-state index contributed by atoms with van der Waals surface area (Å²) in [6, 6.07) is 11.7. The summed E-state index contributed by atoms with van der Waals surface area (Å²) in [6.45, 7) is 3.29. The molecule has 3 heterocycles. The molecule has 2 saturated heterocycles. The van der Waals surface area contributed by atoms with Gasteiger partial charge in [-0.1, -0.05) is 0 Å². The predicted molar refractivity (Wildman–Crippen MR) is 119 cm³/mol. The number of pyridine rings is 1. The number of benzene rings is 1. The molecule has 0 spiro atoms. The van der Waals surface area contributed by atoms with Crippen LogP contribution in [0.4, 0.5) is 5.69 Å². The summed E-state index contributed by atoms with van der Waals surface area (Å²) in [6.07, 6.45) is 5.84. The summed E-state index contributed by atoms with van der Waals surface area (Å²) in [5.41, 5.74) is 2.08. The van der Waals surface area contributed by atoms with Crippen molar-refractivity contribution in [1.82, 2.24) is 14.8 Å². The Balaban J connectivity index is 1.30. The van der Waals surface area contributed by atoms with E-state index in [2.05, 4.69) is 9.88 Å². The molecular weight excluding hydrogens is 392 g/mol. The van der Waals surface area contributed by atoms with E-state index in [-0.39, 0.29) is 30.2 Å². The normalized spacial score (nSPS) is 20.1. The van der Waals surface area contributed by atoms with Gasteiger partial charge in [0.1, 0.15) is 5.75 Å². The van der Waals surface area contributed by atoms with Gasteiger partial charge in [0.25, 0.3) is 0 Å². The Bertz CT molecular complexity index is 895. The van der Waals surface area contributed by atoms with Crippen LogP contribution in [0.15, 0.2) is 48.8 Å². The van der Waals surface area contributed by atoms with Gasteiger partial charge in [-0.15, -0.1) is 0 Å². The number of anilines is 1. The third-order valence-electron chi connectivity index (χ3n) is 6.47. The third kappa shape index (κ3) is 4.88. The molecule has 2 aromatic rings. The second kappa shape index (κ2) is 9.47. The first-order valence-corrected chi connectivity index (χ1v) is 10.9. The van der Waals surface area contributed by atoms with Gasteiger partial charge >= 0.3 is 0 Å². The summed E-state index contributed by atoms with van der Waals surface area (Å²) < 4.78 is 5.19. The van der Waals surface area contributed by atoms with Crippen LogP contribution >= 0.6 is 0 Å². The van der Waals surface area contributed by atoms with Gasteiger partial charge in [0.2, 0.25) is 11.8 Å². The first kappa shape index (κ1) is 21.3. The van der Waals surface area contributed by atoms with Crippen LogP contribution in [0, 0.1) is 5.92 Å². The molecule has 2 amide bonds. The fraction of sp³-hybridized carbons (Fsp3) is 0.458. The molecule has 0 bridgehead atoms. The quantitative estimate of drug-likeness (QED) is 0.716. The van der Waals surface area contributed by atoms with Crippen molar-refractivity contribution in [2.24, 2.45) is 5.92 Å². The number of likely N-dealkylation sites (tertiary alicyclic amines) is 1. The first-order chi connectivity index (χ1) is 15.0. The second-order valence-electron chi connectivity index (χ2n) is 8.42. The Kier molecular flexibility index (Phi) is 6.51.